The number of aliphatic hydroxyl groups excluding tert-OH is 2. The third kappa shape index (κ3) is 3.49. The molecule has 0 amide bonds. The van der Waals surface area contributed by atoms with Gasteiger partial charge in [0.05, 0.1) is 25.0 Å². The molecule has 1 aromatic rings. The Balaban J connectivity index is 2.44. The van der Waals surface area contributed by atoms with E-state index in [1.807, 2.05) is 6.07 Å². The van der Waals surface area contributed by atoms with Crippen molar-refractivity contribution in [3.63, 3.8) is 0 Å². The van der Waals surface area contributed by atoms with Crippen molar-refractivity contribution in [2.24, 2.45) is 4.99 Å². The SMILES string of the molecule is CCOC(=O)/C(C1=N[C@H](CO)CC1)=C(/O)c1ccccc1. The zero-order chi connectivity index (χ0) is 15.2. The molecule has 1 atom stereocenters. The van der Waals surface area contributed by atoms with Gasteiger partial charge in [0.25, 0.3) is 0 Å². The number of nitrogens with zero attached hydrogens (tertiary/aromatic N) is 1. The Morgan fingerprint density at radius 2 is 2.10 bits per heavy atom. The van der Waals surface area contributed by atoms with Crippen molar-refractivity contribution in [3.05, 3.63) is 41.5 Å². The average molecular weight is 289 g/mol. The lowest BCUT2D eigenvalue weighted by atomic mass is 10.0. The molecule has 5 nitrogen and oxygen atoms in total. The van der Waals surface area contributed by atoms with Gasteiger partial charge in [-0.25, -0.2) is 4.79 Å². The van der Waals surface area contributed by atoms with E-state index < -0.39 is 5.97 Å². The van der Waals surface area contributed by atoms with E-state index in [0.29, 0.717) is 24.1 Å². The maximum absolute atomic E-state index is 12.2. The van der Waals surface area contributed by atoms with Crippen LogP contribution in [0.3, 0.4) is 0 Å². The summed E-state index contributed by atoms with van der Waals surface area (Å²) in [5, 5.41) is 19.6. The second kappa shape index (κ2) is 7.04. The largest absolute Gasteiger partial charge is 0.506 e. The molecular weight excluding hydrogens is 270 g/mol. The van der Waals surface area contributed by atoms with Crippen LogP contribution in [0.4, 0.5) is 0 Å². The first kappa shape index (κ1) is 15.3. The van der Waals surface area contributed by atoms with Gasteiger partial charge in [-0.3, -0.25) is 4.99 Å². The van der Waals surface area contributed by atoms with Crippen molar-refractivity contribution in [2.45, 2.75) is 25.8 Å². The molecule has 2 N–H and O–H groups in total. The van der Waals surface area contributed by atoms with Crippen LogP contribution in [0.1, 0.15) is 25.3 Å². The summed E-state index contributed by atoms with van der Waals surface area (Å²) in [6, 6.07) is 8.60. The first-order valence-electron chi connectivity index (χ1n) is 7.01. The summed E-state index contributed by atoms with van der Waals surface area (Å²) in [7, 11) is 0. The van der Waals surface area contributed by atoms with Crippen LogP contribution in [0, 0.1) is 0 Å². The first-order chi connectivity index (χ1) is 10.2. The Morgan fingerprint density at radius 1 is 1.38 bits per heavy atom. The highest BCUT2D eigenvalue weighted by Gasteiger charge is 2.28. The summed E-state index contributed by atoms with van der Waals surface area (Å²) in [6.45, 7) is 1.87. The Hall–Kier alpha value is -2.14. The van der Waals surface area contributed by atoms with Gasteiger partial charge in [-0.1, -0.05) is 30.3 Å². The number of rotatable bonds is 5. The number of benzene rings is 1. The fourth-order valence-electron chi connectivity index (χ4n) is 2.27. The van der Waals surface area contributed by atoms with E-state index in [4.69, 9.17) is 9.84 Å². The topological polar surface area (TPSA) is 79.1 Å². The Labute approximate surface area is 123 Å². The maximum atomic E-state index is 12.2. The van der Waals surface area contributed by atoms with E-state index in [-0.39, 0.29) is 30.6 Å². The minimum Gasteiger partial charge on any atom is -0.506 e. The zero-order valence-corrected chi connectivity index (χ0v) is 12.0. The predicted molar refractivity (Wildman–Crippen MR) is 80.2 cm³/mol. The van der Waals surface area contributed by atoms with Crippen LogP contribution in [0.15, 0.2) is 40.9 Å². The van der Waals surface area contributed by atoms with Gasteiger partial charge < -0.3 is 14.9 Å². The molecule has 1 aliphatic heterocycles. The third-order valence-electron chi connectivity index (χ3n) is 3.32. The Morgan fingerprint density at radius 3 is 2.67 bits per heavy atom. The molecule has 0 fully saturated rings. The number of ether oxygens (including phenoxy) is 1. The molecule has 1 heterocycles. The molecule has 21 heavy (non-hydrogen) atoms. The van der Waals surface area contributed by atoms with E-state index in [2.05, 4.69) is 4.99 Å². The number of carbonyl (C=O) groups excluding carboxylic acids is 1. The van der Waals surface area contributed by atoms with Gasteiger partial charge in [0.15, 0.2) is 0 Å². The van der Waals surface area contributed by atoms with E-state index in [1.54, 1.807) is 31.2 Å². The summed E-state index contributed by atoms with van der Waals surface area (Å²) in [4.78, 5) is 16.5. The predicted octanol–water partition coefficient (Wildman–Crippen LogP) is 2.11. The molecule has 5 heteroatoms. The molecule has 2 rings (SSSR count). The lowest BCUT2D eigenvalue weighted by Gasteiger charge is -2.10. The van der Waals surface area contributed by atoms with Crippen molar-refractivity contribution in [1.29, 1.82) is 0 Å². The van der Waals surface area contributed by atoms with Crippen LogP contribution in [0.25, 0.3) is 5.76 Å². The molecule has 0 unspecified atom stereocenters. The molecule has 0 spiro atoms. The van der Waals surface area contributed by atoms with Crippen LogP contribution in [0.5, 0.6) is 0 Å². The van der Waals surface area contributed by atoms with Gasteiger partial charge in [0.2, 0.25) is 0 Å². The number of aliphatic imine (C=N–C) groups is 1. The molecule has 0 saturated heterocycles. The standard InChI is InChI=1S/C16H19NO4/c1-2-21-16(20)14(13-9-8-12(10-18)17-13)15(19)11-6-4-3-5-7-11/h3-7,12,18-19H,2,8-10H2,1H3/b15-14+/t12-/m0/s1. The van der Waals surface area contributed by atoms with Crippen LogP contribution < -0.4 is 0 Å². The third-order valence-corrected chi connectivity index (χ3v) is 3.32. The van der Waals surface area contributed by atoms with Gasteiger partial charge in [-0.15, -0.1) is 0 Å². The van der Waals surface area contributed by atoms with Crippen molar-refractivity contribution in [1.82, 2.24) is 0 Å². The van der Waals surface area contributed by atoms with Crippen LogP contribution in [0.2, 0.25) is 0 Å². The maximum Gasteiger partial charge on any atom is 0.343 e. The molecule has 0 radical (unpaired) electrons. The summed E-state index contributed by atoms with van der Waals surface area (Å²) in [5.74, 6) is -0.720. The zero-order valence-electron chi connectivity index (χ0n) is 12.0. The smallest absolute Gasteiger partial charge is 0.343 e. The first-order valence-corrected chi connectivity index (χ1v) is 7.01. The normalized spacial score (nSPS) is 19.0. The molecule has 1 aromatic carbocycles. The highest BCUT2D eigenvalue weighted by Crippen LogP contribution is 2.24. The number of carbonyl (C=O) groups is 1. The summed E-state index contributed by atoms with van der Waals surface area (Å²) >= 11 is 0. The van der Waals surface area contributed by atoms with Crippen molar-refractivity contribution < 1.29 is 19.7 Å². The molecule has 0 saturated carbocycles. The minimum absolute atomic E-state index is 0.0638. The van der Waals surface area contributed by atoms with Crippen molar-refractivity contribution in [3.8, 4) is 0 Å². The quantitative estimate of drug-likeness (QED) is 0.494. The number of hydrogen-bond acceptors (Lipinski definition) is 5. The van der Waals surface area contributed by atoms with Gasteiger partial charge in [-0.2, -0.15) is 0 Å². The van der Waals surface area contributed by atoms with E-state index in [0.717, 1.165) is 0 Å². The minimum atomic E-state index is -0.587. The van der Waals surface area contributed by atoms with Gasteiger partial charge in [0.1, 0.15) is 11.3 Å². The highest BCUT2D eigenvalue weighted by atomic mass is 16.5. The molecular formula is C16H19NO4. The van der Waals surface area contributed by atoms with Crippen LogP contribution in [-0.2, 0) is 9.53 Å². The monoisotopic (exact) mass is 289 g/mol. The van der Waals surface area contributed by atoms with Crippen molar-refractivity contribution >= 4 is 17.4 Å². The second-order valence-corrected chi connectivity index (χ2v) is 4.76. The van der Waals surface area contributed by atoms with Crippen molar-refractivity contribution in [2.75, 3.05) is 13.2 Å². The Kier molecular flexibility index (Phi) is 5.11. The van der Waals surface area contributed by atoms with E-state index in [1.165, 1.54) is 0 Å². The fraction of sp³-hybridized carbons (Fsp3) is 0.375. The number of hydrogen-bond donors (Lipinski definition) is 2. The second-order valence-electron chi connectivity index (χ2n) is 4.76. The molecule has 1 aliphatic rings. The fourth-order valence-corrected chi connectivity index (χ4v) is 2.27. The lowest BCUT2D eigenvalue weighted by Crippen LogP contribution is -2.17. The lowest BCUT2D eigenvalue weighted by molar-refractivity contribution is -0.137. The summed E-state index contributed by atoms with van der Waals surface area (Å²) in [6.07, 6.45) is 1.20. The molecule has 112 valence electrons. The van der Waals surface area contributed by atoms with Gasteiger partial charge >= 0.3 is 5.97 Å². The Bertz CT molecular complexity index is 563. The van der Waals surface area contributed by atoms with E-state index >= 15 is 0 Å². The molecule has 0 bridgehead atoms. The van der Waals surface area contributed by atoms with Crippen LogP contribution in [-0.4, -0.2) is 41.1 Å². The molecule has 0 aliphatic carbocycles. The summed E-state index contributed by atoms with van der Waals surface area (Å²) in [5.41, 5.74) is 1.13. The van der Waals surface area contributed by atoms with E-state index in [9.17, 15) is 9.90 Å². The summed E-state index contributed by atoms with van der Waals surface area (Å²) < 4.78 is 5.03. The van der Waals surface area contributed by atoms with Gasteiger partial charge in [0, 0.05) is 5.56 Å². The van der Waals surface area contributed by atoms with Crippen LogP contribution >= 0.6 is 0 Å². The van der Waals surface area contributed by atoms with Gasteiger partial charge in [-0.05, 0) is 19.8 Å². The highest BCUT2D eigenvalue weighted by molar-refractivity contribution is 6.24. The number of aliphatic hydroxyl groups is 2. The molecule has 0 aromatic heterocycles. The number of esters is 1. The average Bonchev–Trinajstić information content (AvgIpc) is 2.97.